The lowest BCUT2D eigenvalue weighted by atomic mass is 9.95. The van der Waals surface area contributed by atoms with Crippen molar-refractivity contribution in [2.75, 3.05) is 7.11 Å². The van der Waals surface area contributed by atoms with Crippen molar-refractivity contribution in [2.45, 2.75) is 51.4 Å². The van der Waals surface area contributed by atoms with E-state index in [-0.39, 0.29) is 12.8 Å². The first-order valence-electron chi connectivity index (χ1n) is 13.2. The number of hydrogen-bond acceptors (Lipinski definition) is 6. The maximum absolute atomic E-state index is 13.2. The minimum absolute atomic E-state index is 0.123. The Hall–Kier alpha value is -4.37. The molecular weight excluding hydrogens is 546 g/mol. The van der Waals surface area contributed by atoms with E-state index in [1.165, 1.54) is 21.0 Å². The number of benzene rings is 3. The van der Waals surface area contributed by atoms with Gasteiger partial charge in [-0.25, -0.2) is 4.79 Å². The number of rotatable bonds is 5. The second kappa shape index (κ2) is 13.3. The molecule has 3 aromatic carbocycles. The fraction of sp³-hybridized carbons (Fsp3) is 0.290. The Morgan fingerprint density at radius 2 is 1.71 bits per heavy atom. The summed E-state index contributed by atoms with van der Waals surface area (Å²) in [4.78, 5) is 50.8. The predicted molar refractivity (Wildman–Crippen MR) is 154 cm³/mol. The minimum atomic E-state index is -1.01. The first kappa shape index (κ1) is 29.6. The molecule has 0 radical (unpaired) electrons. The van der Waals surface area contributed by atoms with Gasteiger partial charge in [-0.3, -0.25) is 14.4 Å². The Balaban J connectivity index is 1.82. The summed E-state index contributed by atoms with van der Waals surface area (Å²) in [7, 11) is 1.24. The zero-order valence-electron chi connectivity index (χ0n) is 23.0. The number of halogens is 1. The topological polar surface area (TPSA) is 123 Å². The number of esters is 1. The van der Waals surface area contributed by atoms with Crippen LogP contribution in [0, 0.1) is 0 Å². The predicted octanol–water partition coefficient (Wildman–Crippen LogP) is 3.35. The highest BCUT2D eigenvalue weighted by molar-refractivity contribution is 6.31. The van der Waals surface area contributed by atoms with Gasteiger partial charge in [0.1, 0.15) is 30.5 Å². The van der Waals surface area contributed by atoms with E-state index in [1.54, 1.807) is 12.1 Å². The van der Waals surface area contributed by atoms with E-state index in [9.17, 15) is 19.2 Å². The van der Waals surface area contributed by atoms with Gasteiger partial charge in [0.15, 0.2) is 0 Å². The van der Waals surface area contributed by atoms with E-state index in [0.29, 0.717) is 28.5 Å². The van der Waals surface area contributed by atoms with Gasteiger partial charge in [0.25, 0.3) is 0 Å². The summed E-state index contributed by atoms with van der Waals surface area (Å²) in [6, 6.07) is 17.7. The fourth-order valence-electron chi connectivity index (χ4n) is 4.65. The van der Waals surface area contributed by atoms with Crippen molar-refractivity contribution in [3.8, 4) is 16.9 Å². The standard InChI is InChI=1S/C31H32ClN3O6/c1-18-29(37)35-27(31(39)40-3)14-21-9-10-28(41-17-20-7-5-4-6-8-20)25(13-21)23-11-22(12-24(32)16-23)15-26(30(38)33-18)34-19(2)36/h4-13,16,18,26-27H,14-15,17H2,1-3H3,(H,33,38)(H,34,36)(H,35,37)/t18-,26-,27-/m0/s1. The van der Waals surface area contributed by atoms with Crippen LogP contribution in [0.1, 0.15) is 30.5 Å². The molecule has 3 N–H and O–H groups in total. The average Bonchev–Trinajstić information content (AvgIpc) is 2.94. The molecule has 1 aliphatic rings. The number of carbonyl (C=O) groups excluding carboxylic acids is 4. The zero-order valence-corrected chi connectivity index (χ0v) is 23.8. The summed E-state index contributed by atoms with van der Waals surface area (Å²) in [5.74, 6) is -1.58. The molecule has 3 amide bonds. The number of methoxy groups -OCH3 is 1. The van der Waals surface area contributed by atoms with Crippen LogP contribution in [-0.2, 0) is 43.4 Å². The Morgan fingerprint density at radius 3 is 2.41 bits per heavy atom. The lowest BCUT2D eigenvalue weighted by molar-refractivity contribution is -0.145. The van der Waals surface area contributed by atoms with Gasteiger partial charge < -0.3 is 25.4 Å². The third-order valence-corrected chi connectivity index (χ3v) is 6.90. The first-order valence-corrected chi connectivity index (χ1v) is 13.6. The molecule has 0 fully saturated rings. The van der Waals surface area contributed by atoms with Crippen molar-refractivity contribution >= 4 is 35.3 Å². The molecule has 4 rings (SSSR count). The molecule has 9 nitrogen and oxygen atoms in total. The van der Waals surface area contributed by atoms with Gasteiger partial charge in [0.2, 0.25) is 17.7 Å². The third-order valence-electron chi connectivity index (χ3n) is 6.68. The van der Waals surface area contributed by atoms with Gasteiger partial charge >= 0.3 is 5.97 Å². The number of hydrogen-bond donors (Lipinski definition) is 3. The molecule has 0 spiro atoms. The molecule has 0 saturated carbocycles. The molecule has 3 aromatic rings. The SMILES string of the molecule is COC(=O)[C@@H]1Cc2ccc(OCc3ccccc3)c(c2)-c2cc(Cl)cc(c2)C[C@H](NC(C)=O)C(=O)N[C@@H](C)C(=O)N1. The van der Waals surface area contributed by atoms with Crippen LogP contribution in [0.4, 0.5) is 0 Å². The van der Waals surface area contributed by atoms with E-state index in [4.69, 9.17) is 21.1 Å². The van der Waals surface area contributed by atoms with Crippen molar-refractivity contribution in [1.29, 1.82) is 0 Å². The van der Waals surface area contributed by atoms with Gasteiger partial charge in [-0.15, -0.1) is 0 Å². The number of ether oxygens (including phenoxy) is 2. The summed E-state index contributed by atoms with van der Waals surface area (Å²) >= 11 is 6.55. The smallest absolute Gasteiger partial charge is 0.328 e. The molecule has 10 heteroatoms. The molecular formula is C31H32ClN3O6. The van der Waals surface area contributed by atoms with Crippen LogP contribution in [0.2, 0.25) is 5.02 Å². The Kier molecular flexibility index (Phi) is 9.62. The molecule has 4 bridgehead atoms. The Labute approximate surface area is 243 Å². The van der Waals surface area contributed by atoms with Crippen LogP contribution in [0.25, 0.3) is 11.1 Å². The van der Waals surface area contributed by atoms with Crippen molar-refractivity contribution in [2.24, 2.45) is 0 Å². The monoisotopic (exact) mass is 577 g/mol. The number of fused-ring (bicyclic) bond motifs is 5. The summed E-state index contributed by atoms with van der Waals surface area (Å²) in [5.41, 5.74) is 3.86. The second-order valence-corrected chi connectivity index (χ2v) is 10.4. The average molecular weight is 578 g/mol. The van der Waals surface area contributed by atoms with Gasteiger partial charge in [0, 0.05) is 30.4 Å². The first-order chi connectivity index (χ1) is 19.6. The van der Waals surface area contributed by atoms with Gasteiger partial charge in [-0.05, 0) is 53.4 Å². The molecule has 0 aromatic heterocycles. The Bertz CT molecular complexity index is 1450. The van der Waals surface area contributed by atoms with E-state index in [0.717, 1.165) is 16.7 Å². The molecule has 1 aliphatic heterocycles. The van der Waals surface area contributed by atoms with E-state index in [2.05, 4.69) is 16.0 Å². The molecule has 0 aliphatic carbocycles. The van der Waals surface area contributed by atoms with Crippen LogP contribution in [0.5, 0.6) is 5.75 Å². The van der Waals surface area contributed by atoms with Crippen LogP contribution in [0.3, 0.4) is 0 Å². The van der Waals surface area contributed by atoms with Crippen LogP contribution >= 0.6 is 11.6 Å². The highest BCUT2D eigenvalue weighted by Gasteiger charge is 2.29. The van der Waals surface area contributed by atoms with E-state index >= 15 is 0 Å². The van der Waals surface area contributed by atoms with E-state index in [1.807, 2.05) is 54.6 Å². The minimum Gasteiger partial charge on any atom is -0.488 e. The normalized spacial score (nSPS) is 19.1. The number of nitrogens with one attached hydrogen (secondary N) is 3. The van der Waals surface area contributed by atoms with Gasteiger partial charge in [0.05, 0.1) is 7.11 Å². The maximum atomic E-state index is 13.2. The molecule has 1 heterocycles. The third kappa shape index (κ3) is 7.85. The molecule has 3 atom stereocenters. The van der Waals surface area contributed by atoms with Crippen LogP contribution in [-0.4, -0.2) is 48.9 Å². The highest BCUT2D eigenvalue weighted by atomic mass is 35.5. The van der Waals surface area contributed by atoms with Crippen molar-refractivity contribution in [3.63, 3.8) is 0 Å². The fourth-order valence-corrected chi connectivity index (χ4v) is 4.91. The summed E-state index contributed by atoms with van der Waals surface area (Å²) < 4.78 is 11.2. The highest BCUT2D eigenvalue weighted by Crippen LogP contribution is 2.35. The summed E-state index contributed by atoms with van der Waals surface area (Å²) in [6.45, 7) is 3.13. The molecule has 41 heavy (non-hydrogen) atoms. The number of carbonyl (C=O) groups is 4. The molecule has 214 valence electrons. The second-order valence-electron chi connectivity index (χ2n) is 9.93. The van der Waals surface area contributed by atoms with Gasteiger partial charge in [-0.2, -0.15) is 0 Å². The zero-order chi connectivity index (χ0) is 29.5. The largest absolute Gasteiger partial charge is 0.488 e. The molecule has 0 unspecified atom stereocenters. The van der Waals surface area contributed by atoms with Crippen LogP contribution < -0.4 is 20.7 Å². The van der Waals surface area contributed by atoms with E-state index < -0.39 is 41.8 Å². The summed E-state index contributed by atoms with van der Waals surface area (Å²) in [6.07, 6.45) is 0.255. The van der Waals surface area contributed by atoms with Crippen molar-refractivity contribution < 1.29 is 28.7 Å². The molecule has 0 saturated heterocycles. The van der Waals surface area contributed by atoms with Crippen molar-refractivity contribution in [1.82, 2.24) is 16.0 Å². The Morgan fingerprint density at radius 1 is 0.951 bits per heavy atom. The summed E-state index contributed by atoms with van der Waals surface area (Å²) in [5, 5.41) is 8.40. The lowest BCUT2D eigenvalue weighted by Gasteiger charge is -2.22. The van der Waals surface area contributed by atoms with Crippen molar-refractivity contribution in [3.05, 3.63) is 88.4 Å². The lowest BCUT2D eigenvalue weighted by Crippen LogP contribution is -2.55. The van der Waals surface area contributed by atoms with Gasteiger partial charge in [-0.1, -0.05) is 54.1 Å². The maximum Gasteiger partial charge on any atom is 0.328 e. The number of amides is 3. The quantitative estimate of drug-likeness (QED) is 0.400. The van der Waals surface area contributed by atoms with Crippen LogP contribution in [0.15, 0.2) is 66.7 Å².